The second-order valence-corrected chi connectivity index (χ2v) is 10.1. The maximum Gasteiger partial charge on any atom is 0.175 e. The standard InChI is InChI=1S/C28H27BrClNO3/c1-16-7-9-17(10-8-16)15-34-28-21(29)13-18(14-24(28)33-3)26-20-6-4-5-19(20)25-22(30)11-12-23(32-2)27(25)31-26/h4-5,7-14,19-20,26,31H,6,15H2,1-3H3/t19-,20+,26+/m1/s1. The molecule has 0 unspecified atom stereocenters. The smallest absolute Gasteiger partial charge is 0.175 e. The summed E-state index contributed by atoms with van der Waals surface area (Å²) in [5, 5.41) is 4.51. The number of rotatable bonds is 6. The third-order valence-corrected chi connectivity index (χ3v) is 7.68. The van der Waals surface area contributed by atoms with E-state index in [0.717, 1.165) is 44.0 Å². The van der Waals surface area contributed by atoms with Gasteiger partial charge in [-0.2, -0.15) is 0 Å². The van der Waals surface area contributed by atoms with Gasteiger partial charge >= 0.3 is 0 Å². The number of allylic oxidation sites excluding steroid dienone is 2. The average Bonchev–Trinajstić information content (AvgIpc) is 3.33. The van der Waals surface area contributed by atoms with Gasteiger partial charge in [0.05, 0.1) is 30.4 Å². The Bertz CT molecular complexity index is 1240. The SMILES string of the molecule is COc1ccc(Cl)c2c1N[C@@H](c1cc(Br)c(OCc3ccc(C)cc3)c(OC)c1)[C@H]1CC=C[C@@H]21. The molecule has 1 aliphatic heterocycles. The van der Waals surface area contributed by atoms with E-state index >= 15 is 0 Å². The summed E-state index contributed by atoms with van der Waals surface area (Å²) in [5.74, 6) is 2.76. The normalized spacial score (nSPS) is 20.3. The van der Waals surface area contributed by atoms with Crippen molar-refractivity contribution in [1.82, 2.24) is 0 Å². The van der Waals surface area contributed by atoms with Crippen LogP contribution in [0.2, 0.25) is 5.02 Å². The van der Waals surface area contributed by atoms with Crippen molar-refractivity contribution in [3.63, 3.8) is 0 Å². The molecular weight excluding hydrogens is 514 g/mol. The van der Waals surface area contributed by atoms with Crippen LogP contribution < -0.4 is 19.5 Å². The summed E-state index contributed by atoms with van der Waals surface area (Å²) in [4.78, 5) is 0. The number of nitrogens with one attached hydrogen (secondary N) is 1. The Morgan fingerprint density at radius 1 is 1.03 bits per heavy atom. The summed E-state index contributed by atoms with van der Waals surface area (Å²) in [6.07, 6.45) is 5.50. The Morgan fingerprint density at radius 3 is 2.53 bits per heavy atom. The third-order valence-electron chi connectivity index (χ3n) is 6.76. The Labute approximate surface area is 214 Å². The third kappa shape index (κ3) is 4.16. The minimum absolute atomic E-state index is 0.0659. The predicted octanol–water partition coefficient (Wildman–Crippen LogP) is 7.83. The Hall–Kier alpha value is -2.63. The summed E-state index contributed by atoms with van der Waals surface area (Å²) in [7, 11) is 3.37. The molecule has 0 radical (unpaired) electrons. The summed E-state index contributed by atoms with van der Waals surface area (Å²) in [6.45, 7) is 2.54. The number of hydrogen-bond donors (Lipinski definition) is 1. The van der Waals surface area contributed by atoms with Gasteiger partial charge in [-0.05, 0) is 70.6 Å². The zero-order chi connectivity index (χ0) is 23.8. The number of halogens is 2. The number of aryl methyl sites for hydroxylation is 1. The van der Waals surface area contributed by atoms with Crippen LogP contribution in [-0.4, -0.2) is 14.2 Å². The lowest BCUT2D eigenvalue weighted by atomic mass is 9.76. The molecule has 0 saturated heterocycles. The molecule has 0 fully saturated rings. The predicted molar refractivity (Wildman–Crippen MR) is 141 cm³/mol. The van der Waals surface area contributed by atoms with Crippen molar-refractivity contribution in [2.45, 2.75) is 31.9 Å². The van der Waals surface area contributed by atoms with E-state index in [0.29, 0.717) is 24.0 Å². The van der Waals surface area contributed by atoms with Gasteiger partial charge in [0.1, 0.15) is 12.4 Å². The molecule has 34 heavy (non-hydrogen) atoms. The van der Waals surface area contributed by atoms with Crippen molar-refractivity contribution in [2.24, 2.45) is 5.92 Å². The van der Waals surface area contributed by atoms with Crippen LogP contribution in [0.1, 0.15) is 40.6 Å². The van der Waals surface area contributed by atoms with E-state index < -0.39 is 0 Å². The van der Waals surface area contributed by atoms with Gasteiger partial charge in [0, 0.05) is 16.5 Å². The second kappa shape index (κ2) is 9.55. The molecule has 0 amide bonds. The van der Waals surface area contributed by atoms with E-state index in [4.69, 9.17) is 25.8 Å². The molecule has 1 aliphatic carbocycles. The van der Waals surface area contributed by atoms with Crippen LogP contribution in [0.15, 0.2) is 65.2 Å². The largest absolute Gasteiger partial charge is 0.495 e. The van der Waals surface area contributed by atoms with Crippen molar-refractivity contribution in [3.8, 4) is 17.2 Å². The van der Waals surface area contributed by atoms with E-state index in [1.165, 1.54) is 5.56 Å². The fraction of sp³-hybridized carbons (Fsp3) is 0.286. The molecule has 3 aromatic rings. The van der Waals surface area contributed by atoms with Crippen molar-refractivity contribution in [3.05, 3.63) is 92.4 Å². The lowest BCUT2D eigenvalue weighted by Gasteiger charge is -2.38. The molecule has 0 bridgehead atoms. The topological polar surface area (TPSA) is 39.7 Å². The molecule has 1 heterocycles. The fourth-order valence-electron chi connectivity index (χ4n) is 5.04. The number of methoxy groups -OCH3 is 2. The molecule has 3 atom stereocenters. The first kappa shape index (κ1) is 23.1. The van der Waals surface area contributed by atoms with Crippen molar-refractivity contribution >= 4 is 33.2 Å². The molecule has 0 spiro atoms. The Kier molecular flexibility index (Phi) is 6.50. The van der Waals surface area contributed by atoms with Crippen LogP contribution >= 0.6 is 27.5 Å². The van der Waals surface area contributed by atoms with Gasteiger partial charge < -0.3 is 19.5 Å². The first-order chi connectivity index (χ1) is 16.5. The number of fused-ring (bicyclic) bond motifs is 3. The lowest BCUT2D eigenvalue weighted by molar-refractivity contribution is 0.282. The van der Waals surface area contributed by atoms with Crippen molar-refractivity contribution in [1.29, 1.82) is 0 Å². The van der Waals surface area contributed by atoms with E-state index in [1.54, 1.807) is 14.2 Å². The van der Waals surface area contributed by atoms with Crippen LogP contribution in [0, 0.1) is 12.8 Å². The lowest BCUT2D eigenvalue weighted by Crippen LogP contribution is -2.29. The maximum absolute atomic E-state index is 6.65. The summed E-state index contributed by atoms with van der Waals surface area (Å²) in [5.41, 5.74) is 5.53. The maximum atomic E-state index is 6.65. The molecule has 0 aromatic heterocycles. The Morgan fingerprint density at radius 2 is 1.79 bits per heavy atom. The number of anilines is 1. The summed E-state index contributed by atoms with van der Waals surface area (Å²) < 4.78 is 18.5. The molecule has 5 rings (SSSR count). The second-order valence-electron chi connectivity index (χ2n) is 8.82. The number of ether oxygens (including phenoxy) is 3. The molecule has 4 nitrogen and oxygen atoms in total. The fourth-order valence-corrected chi connectivity index (χ4v) is 5.89. The number of benzene rings is 3. The van der Waals surface area contributed by atoms with E-state index in [9.17, 15) is 0 Å². The first-order valence-electron chi connectivity index (χ1n) is 11.4. The highest BCUT2D eigenvalue weighted by Gasteiger charge is 2.40. The van der Waals surface area contributed by atoms with Gasteiger partial charge in [0.2, 0.25) is 0 Å². The molecule has 6 heteroatoms. The monoisotopic (exact) mass is 539 g/mol. The van der Waals surface area contributed by atoms with Gasteiger partial charge in [-0.1, -0.05) is 53.6 Å². The van der Waals surface area contributed by atoms with Gasteiger partial charge in [-0.3, -0.25) is 0 Å². The van der Waals surface area contributed by atoms with Crippen LogP contribution in [0.3, 0.4) is 0 Å². The highest BCUT2D eigenvalue weighted by atomic mass is 79.9. The molecule has 3 aromatic carbocycles. The Balaban J connectivity index is 1.48. The highest BCUT2D eigenvalue weighted by molar-refractivity contribution is 9.10. The van der Waals surface area contributed by atoms with E-state index in [2.05, 4.69) is 76.7 Å². The van der Waals surface area contributed by atoms with Gasteiger partial charge in [-0.25, -0.2) is 0 Å². The summed E-state index contributed by atoms with van der Waals surface area (Å²) in [6, 6.07) is 16.5. The van der Waals surface area contributed by atoms with Crippen molar-refractivity contribution < 1.29 is 14.2 Å². The van der Waals surface area contributed by atoms with Crippen LogP contribution in [0.4, 0.5) is 5.69 Å². The van der Waals surface area contributed by atoms with Crippen LogP contribution in [0.25, 0.3) is 0 Å². The van der Waals surface area contributed by atoms with Crippen LogP contribution in [0.5, 0.6) is 17.2 Å². The quantitative estimate of drug-likeness (QED) is 0.323. The molecule has 2 aliphatic rings. The van der Waals surface area contributed by atoms with Crippen LogP contribution in [-0.2, 0) is 6.61 Å². The molecule has 1 N–H and O–H groups in total. The molecular formula is C28H27BrClNO3. The molecule has 0 saturated carbocycles. The average molecular weight is 541 g/mol. The molecule has 176 valence electrons. The van der Waals surface area contributed by atoms with E-state index in [-0.39, 0.29) is 12.0 Å². The zero-order valence-electron chi connectivity index (χ0n) is 19.4. The summed E-state index contributed by atoms with van der Waals surface area (Å²) >= 11 is 10.4. The van der Waals surface area contributed by atoms with Gasteiger partial charge in [0.15, 0.2) is 11.5 Å². The van der Waals surface area contributed by atoms with E-state index in [1.807, 2.05) is 12.1 Å². The minimum Gasteiger partial charge on any atom is -0.495 e. The van der Waals surface area contributed by atoms with Gasteiger partial charge in [-0.15, -0.1) is 0 Å². The number of hydrogen-bond acceptors (Lipinski definition) is 4. The zero-order valence-corrected chi connectivity index (χ0v) is 21.7. The first-order valence-corrected chi connectivity index (χ1v) is 12.5. The van der Waals surface area contributed by atoms with Gasteiger partial charge in [0.25, 0.3) is 0 Å². The highest BCUT2D eigenvalue weighted by Crippen LogP contribution is 2.55. The van der Waals surface area contributed by atoms with Crippen molar-refractivity contribution in [2.75, 3.05) is 19.5 Å². The minimum atomic E-state index is 0.0659.